The van der Waals surface area contributed by atoms with Crippen LogP contribution >= 0.6 is 0 Å². The number of hydrogen-bond acceptors (Lipinski definition) is 5. The van der Waals surface area contributed by atoms with Crippen LogP contribution in [0.4, 0.5) is 4.79 Å². The molecule has 2 amide bonds. The van der Waals surface area contributed by atoms with Gasteiger partial charge in [-0.2, -0.15) is 5.06 Å². The standard InChI is InChI=1S/C18H20N2O5S/c1-13(20(22)18(19)21)6-7-14-4-3-5-16(12-14)25-15-8-10-17(11-9-15)26(2,23)24/h3-13,22H,1-2H3,(H2,19,21). The van der Waals surface area contributed by atoms with Gasteiger partial charge in [0.15, 0.2) is 9.84 Å². The number of hydroxylamine groups is 2. The van der Waals surface area contributed by atoms with Gasteiger partial charge in [0.05, 0.1) is 10.9 Å². The maximum absolute atomic E-state index is 11.5. The average molecular weight is 376 g/mol. The fourth-order valence-corrected chi connectivity index (χ4v) is 2.74. The molecule has 0 aliphatic rings. The van der Waals surface area contributed by atoms with Crippen molar-refractivity contribution in [1.82, 2.24) is 5.06 Å². The summed E-state index contributed by atoms with van der Waals surface area (Å²) in [4.78, 5) is 11.1. The topological polar surface area (TPSA) is 110 Å². The molecule has 0 aliphatic carbocycles. The van der Waals surface area contributed by atoms with Crippen molar-refractivity contribution in [2.24, 2.45) is 5.73 Å². The molecule has 1 unspecified atom stereocenters. The fourth-order valence-electron chi connectivity index (χ4n) is 2.11. The number of nitrogens with two attached hydrogens (primary N) is 1. The Bertz CT molecular complexity index is 907. The summed E-state index contributed by atoms with van der Waals surface area (Å²) in [7, 11) is -3.25. The minimum atomic E-state index is -3.25. The van der Waals surface area contributed by atoms with Crippen molar-refractivity contribution in [1.29, 1.82) is 0 Å². The van der Waals surface area contributed by atoms with Crippen molar-refractivity contribution in [3.05, 3.63) is 60.2 Å². The monoisotopic (exact) mass is 376 g/mol. The Kier molecular flexibility index (Phi) is 6.01. The molecule has 1 atom stereocenters. The normalized spacial score (nSPS) is 12.7. The lowest BCUT2D eigenvalue weighted by Gasteiger charge is -2.16. The Morgan fingerprint density at radius 1 is 1.19 bits per heavy atom. The number of amides is 2. The molecule has 8 heteroatoms. The second-order valence-electron chi connectivity index (χ2n) is 5.70. The summed E-state index contributed by atoms with van der Waals surface area (Å²) in [5, 5.41) is 9.87. The van der Waals surface area contributed by atoms with Gasteiger partial charge in [-0.05, 0) is 48.9 Å². The van der Waals surface area contributed by atoms with E-state index in [0.29, 0.717) is 16.6 Å². The lowest BCUT2D eigenvalue weighted by atomic mass is 10.1. The SMILES string of the molecule is CC(C=Cc1cccc(Oc2ccc(S(C)(=O)=O)cc2)c1)N(O)C(N)=O. The van der Waals surface area contributed by atoms with Crippen molar-refractivity contribution >= 4 is 21.9 Å². The third-order valence-electron chi connectivity index (χ3n) is 3.52. The average Bonchev–Trinajstić information content (AvgIpc) is 2.59. The highest BCUT2D eigenvalue weighted by atomic mass is 32.2. The van der Waals surface area contributed by atoms with E-state index in [2.05, 4.69) is 0 Å². The zero-order chi connectivity index (χ0) is 19.3. The van der Waals surface area contributed by atoms with Gasteiger partial charge in [-0.15, -0.1) is 0 Å². The van der Waals surface area contributed by atoms with E-state index in [1.165, 1.54) is 12.1 Å². The Morgan fingerprint density at radius 3 is 2.42 bits per heavy atom. The van der Waals surface area contributed by atoms with Gasteiger partial charge in [-0.3, -0.25) is 5.21 Å². The second-order valence-corrected chi connectivity index (χ2v) is 7.72. The molecule has 0 radical (unpaired) electrons. The van der Waals surface area contributed by atoms with Gasteiger partial charge < -0.3 is 10.5 Å². The molecule has 0 saturated heterocycles. The number of carbonyl (C=O) groups excluding carboxylic acids is 1. The van der Waals surface area contributed by atoms with Crippen LogP contribution in [0.2, 0.25) is 0 Å². The number of hydrogen-bond donors (Lipinski definition) is 2. The molecule has 138 valence electrons. The summed E-state index contributed by atoms with van der Waals surface area (Å²) in [6, 6.07) is 11.7. The third kappa shape index (κ3) is 5.33. The molecule has 0 aromatic heterocycles. The first-order chi connectivity index (χ1) is 12.2. The molecule has 2 aromatic carbocycles. The Balaban J connectivity index is 2.11. The van der Waals surface area contributed by atoms with Crippen LogP contribution in [0.1, 0.15) is 12.5 Å². The molecule has 0 bridgehead atoms. The van der Waals surface area contributed by atoms with E-state index in [-0.39, 0.29) is 4.90 Å². The maximum atomic E-state index is 11.5. The van der Waals surface area contributed by atoms with E-state index in [4.69, 9.17) is 10.5 Å². The molecule has 0 heterocycles. The zero-order valence-corrected chi connectivity index (χ0v) is 15.2. The molecule has 2 aromatic rings. The fraction of sp³-hybridized carbons (Fsp3) is 0.167. The Labute approximate surface area is 152 Å². The molecule has 0 fully saturated rings. The summed E-state index contributed by atoms with van der Waals surface area (Å²) < 4.78 is 28.6. The number of rotatable bonds is 6. The lowest BCUT2D eigenvalue weighted by Crippen LogP contribution is -2.38. The molecule has 7 nitrogen and oxygen atoms in total. The number of urea groups is 1. The highest BCUT2D eigenvalue weighted by molar-refractivity contribution is 7.90. The summed E-state index contributed by atoms with van der Waals surface area (Å²) in [5.74, 6) is 1.06. The van der Waals surface area contributed by atoms with Crippen LogP contribution in [0.5, 0.6) is 11.5 Å². The van der Waals surface area contributed by atoms with E-state index >= 15 is 0 Å². The van der Waals surface area contributed by atoms with Gasteiger partial charge in [-0.1, -0.05) is 24.3 Å². The number of primary amides is 1. The summed E-state index contributed by atoms with van der Waals surface area (Å²) in [6.45, 7) is 1.62. The summed E-state index contributed by atoms with van der Waals surface area (Å²) >= 11 is 0. The Hall–Kier alpha value is -2.84. The van der Waals surface area contributed by atoms with E-state index < -0.39 is 21.9 Å². The van der Waals surface area contributed by atoms with Gasteiger partial charge in [0.2, 0.25) is 0 Å². The minimum Gasteiger partial charge on any atom is -0.457 e. The van der Waals surface area contributed by atoms with Crippen LogP contribution in [-0.2, 0) is 9.84 Å². The molecule has 0 saturated carbocycles. The summed E-state index contributed by atoms with van der Waals surface area (Å²) in [5.41, 5.74) is 5.79. The van der Waals surface area contributed by atoms with E-state index in [9.17, 15) is 18.4 Å². The van der Waals surface area contributed by atoms with Gasteiger partial charge in [0.1, 0.15) is 11.5 Å². The molecule has 3 N–H and O–H groups in total. The number of benzene rings is 2. The summed E-state index contributed by atoms with van der Waals surface area (Å²) in [6.07, 6.45) is 4.48. The van der Waals surface area contributed by atoms with E-state index in [1.807, 2.05) is 6.07 Å². The lowest BCUT2D eigenvalue weighted by molar-refractivity contribution is -0.0560. The largest absolute Gasteiger partial charge is 0.457 e. The van der Waals surface area contributed by atoms with Gasteiger partial charge >= 0.3 is 6.03 Å². The van der Waals surface area contributed by atoms with Crippen LogP contribution < -0.4 is 10.5 Å². The molecule has 26 heavy (non-hydrogen) atoms. The Morgan fingerprint density at radius 2 is 1.85 bits per heavy atom. The number of sulfone groups is 1. The highest BCUT2D eigenvalue weighted by Gasteiger charge is 2.11. The van der Waals surface area contributed by atoms with Gasteiger partial charge in [-0.25, -0.2) is 13.2 Å². The highest BCUT2D eigenvalue weighted by Crippen LogP contribution is 2.24. The smallest absolute Gasteiger partial charge is 0.339 e. The van der Waals surface area contributed by atoms with Crippen molar-refractivity contribution in [3.63, 3.8) is 0 Å². The molecular formula is C18H20N2O5S. The van der Waals surface area contributed by atoms with Crippen molar-refractivity contribution in [3.8, 4) is 11.5 Å². The zero-order valence-electron chi connectivity index (χ0n) is 14.4. The van der Waals surface area contributed by atoms with E-state index in [1.54, 1.807) is 49.4 Å². The predicted octanol–water partition coefficient (Wildman–Crippen LogP) is 3.05. The first-order valence-corrected chi connectivity index (χ1v) is 9.60. The maximum Gasteiger partial charge on any atom is 0.339 e. The van der Waals surface area contributed by atoms with Crippen LogP contribution in [0, 0.1) is 0 Å². The number of ether oxygens (including phenoxy) is 1. The first-order valence-electron chi connectivity index (χ1n) is 7.70. The van der Waals surface area contributed by atoms with Gasteiger partial charge in [0, 0.05) is 6.26 Å². The molecule has 0 spiro atoms. The predicted molar refractivity (Wildman–Crippen MR) is 97.8 cm³/mol. The van der Waals surface area contributed by atoms with E-state index in [0.717, 1.165) is 11.8 Å². The second kappa shape index (κ2) is 8.03. The van der Waals surface area contributed by atoms with Crippen molar-refractivity contribution in [2.75, 3.05) is 6.26 Å². The number of nitrogens with zero attached hydrogens (tertiary/aromatic N) is 1. The van der Waals surface area contributed by atoms with Crippen LogP contribution in [0.25, 0.3) is 6.08 Å². The van der Waals surface area contributed by atoms with Gasteiger partial charge in [0.25, 0.3) is 0 Å². The van der Waals surface area contributed by atoms with Crippen LogP contribution in [0.3, 0.4) is 0 Å². The molecule has 0 aliphatic heterocycles. The van der Waals surface area contributed by atoms with Crippen molar-refractivity contribution < 1.29 is 23.2 Å². The van der Waals surface area contributed by atoms with Crippen LogP contribution in [-0.4, -0.2) is 37.0 Å². The third-order valence-corrected chi connectivity index (χ3v) is 4.65. The molecular weight excluding hydrogens is 356 g/mol. The van der Waals surface area contributed by atoms with Crippen LogP contribution in [0.15, 0.2) is 59.5 Å². The number of carbonyl (C=O) groups is 1. The minimum absolute atomic E-state index is 0.221. The van der Waals surface area contributed by atoms with Crippen molar-refractivity contribution in [2.45, 2.75) is 17.9 Å². The first kappa shape index (κ1) is 19.5. The quantitative estimate of drug-likeness (QED) is 0.595. The molecule has 2 rings (SSSR count).